The van der Waals surface area contributed by atoms with Gasteiger partial charge in [0.15, 0.2) is 0 Å². The van der Waals surface area contributed by atoms with E-state index in [2.05, 4.69) is 6.92 Å². The molecule has 0 N–H and O–H groups in total. The summed E-state index contributed by atoms with van der Waals surface area (Å²) in [4.78, 5) is 0. The van der Waals surface area contributed by atoms with Gasteiger partial charge in [-0.15, -0.1) is 0 Å². The van der Waals surface area contributed by atoms with Crippen LogP contribution in [-0.4, -0.2) is 26.3 Å². The molecule has 78 valence electrons. The number of hydrogen-bond donors (Lipinski definition) is 0. The van der Waals surface area contributed by atoms with E-state index in [9.17, 15) is 0 Å². The van der Waals surface area contributed by atoms with Gasteiger partial charge in [0.1, 0.15) is 0 Å². The number of hydrogen-bond acceptors (Lipinski definition) is 3. The highest BCUT2D eigenvalue weighted by atomic mass is 16.9. The summed E-state index contributed by atoms with van der Waals surface area (Å²) in [6, 6.07) is 0. The molecule has 13 heavy (non-hydrogen) atoms. The van der Waals surface area contributed by atoms with E-state index < -0.39 is 6.48 Å². The summed E-state index contributed by atoms with van der Waals surface area (Å²) in [7, 11) is 1.60. The molecule has 0 spiro atoms. The van der Waals surface area contributed by atoms with Crippen LogP contribution in [0.1, 0.15) is 39.0 Å². The highest BCUT2D eigenvalue weighted by Crippen LogP contribution is 2.17. The lowest BCUT2D eigenvalue weighted by Gasteiger charge is -2.08. The van der Waals surface area contributed by atoms with Crippen molar-refractivity contribution in [3.8, 4) is 0 Å². The molecule has 0 aromatic rings. The average Bonchev–Trinajstić information content (AvgIpc) is 2.60. The highest BCUT2D eigenvalue weighted by Gasteiger charge is 2.24. The van der Waals surface area contributed by atoms with Gasteiger partial charge in [0, 0.05) is 7.11 Å². The van der Waals surface area contributed by atoms with Crippen LogP contribution < -0.4 is 0 Å². The summed E-state index contributed by atoms with van der Waals surface area (Å²) in [5.74, 6) is 0. The van der Waals surface area contributed by atoms with Crippen molar-refractivity contribution >= 4 is 0 Å². The van der Waals surface area contributed by atoms with E-state index >= 15 is 0 Å². The minimum atomic E-state index is -0.420. The van der Waals surface area contributed by atoms with Crippen LogP contribution in [-0.2, 0) is 14.2 Å². The second-order valence-electron chi connectivity index (χ2n) is 3.47. The Balaban J connectivity index is 1.97. The number of rotatable bonds is 6. The highest BCUT2D eigenvalue weighted by molar-refractivity contribution is 4.61. The number of methoxy groups -OCH3 is 1. The predicted molar refractivity (Wildman–Crippen MR) is 50.4 cm³/mol. The number of unbranched alkanes of at least 4 members (excludes halogenated alkanes) is 3. The van der Waals surface area contributed by atoms with Crippen LogP contribution in [0.5, 0.6) is 0 Å². The summed E-state index contributed by atoms with van der Waals surface area (Å²) < 4.78 is 15.6. The van der Waals surface area contributed by atoms with Crippen molar-refractivity contribution in [1.29, 1.82) is 0 Å². The lowest BCUT2D eigenvalue weighted by atomic mass is 10.1. The van der Waals surface area contributed by atoms with Crippen molar-refractivity contribution in [2.45, 2.75) is 51.6 Å². The molecule has 2 atom stereocenters. The van der Waals surface area contributed by atoms with Crippen LogP contribution in [0.3, 0.4) is 0 Å². The van der Waals surface area contributed by atoms with E-state index in [0.717, 1.165) is 6.42 Å². The maximum Gasteiger partial charge on any atom is 0.271 e. The van der Waals surface area contributed by atoms with Gasteiger partial charge in [-0.05, 0) is 6.42 Å². The van der Waals surface area contributed by atoms with Crippen molar-refractivity contribution in [2.75, 3.05) is 13.7 Å². The summed E-state index contributed by atoms with van der Waals surface area (Å²) >= 11 is 0. The van der Waals surface area contributed by atoms with E-state index in [0.29, 0.717) is 6.61 Å². The molecular weight excluding hydrogens is 168 g/mol. The quantitative estimate of drug-likeness (QED) is 0.599. The number of ether oxygens (including phenoxy) is 3. The fourth-order valence-electron chi connectivity index (χ4n) is 1.50. The summed E-state index contributed by atoms with van der Waals surface area (Å²) in [6.07, 6.45) is 6.48. The Morgan fingerprint density at radius 1 is 1.31 bits per heavy atom. The Bertz CT molecular complexity index is 127. The van der Waals surface area contributed by atoms with E-state index in [1.807, 2.05) is 0 Å². The van der Waals surface area contributed by atoms with Crippen molar-refractivity contribution in [3.63, 3.8) is 0 Å². The Kier molecular flexibility index (Phi) is 5.35. The third kappa shape index (κ3) is 4.07. The molecule has 0 unspecified atom stereocenters. The molecule has 0 saturated carbocycles. The molecule has 3 nitrogen and oxygen atoms in total. The molecule has 1 fully saturated rings. The van der Waals surface area contributed by atoms with Gasteiger partial charge in [-0.1, -0.05) is 32.6 Å². The zero-order chi connectivity index (χ0) is 9.52. The van der Waals surface area contributed by atoms with Crippen molar-refractivity contribution in [1.82, 2.24) is 0 Å². The largest absolute Gasteiger partial charge is 0.333 e. The zero-order valence-electron chi connectivity index (χ0n) is 8.62. The first-order valence-electron chi connectivity index (χ1n) is 5.16. The molecule has 0 bridgehead atoms. The second kappa shape index (κ2) is 6.35. The SMILES string of the molecule is CCCCCC[C@@H]1CO[C@H](OC)O1. The molecule has 0 aromatic heterocycles. The molecule has 1 heterocycles. The lowest BCUT2D eigenvalue weighted by molar-refractivity contribution is -0.223. The topological polar surface area (TPSA) is 27.7 Å². The molecule has 1 rings (SSSR count). The van der Waals surface area contributed by atoms with Crippen LogP contribution >= 0.6 is 0 Å². The van der Waals surface area contributed by atoms with E-state index in [1.165, 1.54) is 25.7 Å². The zero-order valence-corrected chi connectivity index (χ0v) is 8.62. The molecule has 1 aliphatic heterocycles. The molecule has 0 amide bonds. The van der Waals surface area contributed by atoms with Crippen LogP contribution in [0.25, 0.3) is 0 Å². The maximum atomic E-state index is 5.45. The van der Waals surface area contributed by atoms with Crippen LogP contribution in [0.4, 0.5) is 0 Å². The van der Waals surface area contributed by atoms with Crippen molar-refractivity contribution in [2.24, 2.45) is 0 Å². The minimum Gasteiger partial charge on any atom is -0.333 e. The van der Waals surface area contributed by atoms with Gasteiger partial charge in [-0.25, -0.2) is 0 Å². The van der Waals surface area contributed by atoms with Gasteiger partial charge >= 0.3 is 0 Å². The minimum absolute atomic E-state index is 0.252. The van der Waals surface area contributed by atoms with Crippen molar-refractivity contribution in [3.05, 3.63) is 0 Å². The Hall–Kier alpha value is -0.120. The van der Waals surface area contributed by atoms with Gasteiger partial charge in [0.25, 0.3) is 6.48 Å². The monoisotopic (exact) mass is 188 g/mol. The van der Waals surface area contributed by atoms with E-state index in [1.54, 1.807) is 7.11 Å². The first kappa shape index (κ1) is 11.0. The summed E-state index contributed by atoms with van der Waals surface area (Å²) in [6.45, 7) is 2.48. The molecule has 3 heteroatoms. The Morgan fingerprint density at radius 3 is 2.77 bits per heavy atom. The Morgan fingerprint density at radius 2 is 2.15 bits per heavy atom. The molecule has 0 aromatic carbocycles. The van der Waals surface area contributed by atoms with Crippen LogP contribution in [0.2, 0.25) is 0 Å². The van der Waals surface area contributed by atoms with Gasteiger partial charge in [-0.3, -0.25) is 0 Å². The molecule has 0 aliphatic carbocycles. The van der Waals surface area contributed by atoms with Gasteiger partial charge < -0.3 is 14.2 Å². The van der Waals surface area contributed by atoms with E-state index in [4.69, 9.17) is 14.2 Å². The molecule has 1 aliphatic rings. The normalized spacial score (nSPS) is 28.2. The van der Waals surface area contributed by atoms with Gasteiger partial charge in [-0.2, -0.15) is 0 Å². The van der Waals surface area contributed by atoms with Gasteiger partial charge in [0.05, 0.1) is 12.7 Å². The maximum absolute atomic E-state index is 5.45. The fourth-order valence-corrected chi connectivity index (χ4v) is 1.50. The lowest BCUT2D eigenvalue weighted by Crippen LogP contribution is -2.13. The molecular formula is C10H20O3. The van der Waals surface area contributed by atoms with Crippen LogP contribution in [0, 0.1) is 0 Å². The molecule has 0 radical (unpaired) electrons. The first-order chi connectivity index (χ1) is 6.36. The van der Waals surface area contributed by atoms with Crippen molar-refractivity contribution < 1.29 is 14.2 Å². The van der Waals surface area contributed by atoms with Crippen LogP contribution in [0.15, 0.2) is 0 Å². The Labute approximate surface area is 80.4 Å². The summed E-state index contributed by atoms with van der Waals surface area (Å²) in [5.41, 5.74) is 0. The predicted octanol–water partition coefficient (Wildman–Crippen LogP) is 2.30. The average molecular weight is 188 g/mol. The molecule has 1 saturated heterocycles. The first-order valence-corrected chi connectivity index (χ1v) is 5.16. The summed E-state index contributed by atoms with van der Waals surface area (Å²) in [5, 5.41) is 0. The van der Waals surface area contributed by atoms with Gasteiger partial charge in [0.2, 0.25) is 0 Å². The smallest absolute Gasteiger partial charge is 0.271 e. The standard InChI is InChI=1S/C10H20O3/c1-3-4-5-6-7-9-8-12-10(11-2)13-9/h9-10H,3-8H2,1-2H3/t9-,10+/m1/s1. The fraction of sp³-hybridized carbons (Fsp3) is 1.00. The third-order valence-corrected chi connectivity index (χ3v) is 2.29. The third-order valence-electron chi connectivity index (χ3n) is 2.29. The second-order valence-corrected chi connectivity index (χ2v) is 3.47. The van der Waals surface area contributed by atoms with E-state index in [-0.39, 0.29) is 6.10 Å².